The molecule has 3 aliphatic rings. The average Bonchev–Trinajstić information content (AvgIpc) is 3.00. The van der Waals surface area contributed by atoms with Gasteiger partial charge >= 0.3 is 12.2 Å². The summed E-state index contributed by atoms with van der Waals surface area (Å²) in [5.74, 6) is -0.303. The fourth-order valence-electron chi connectivity index (χ4n) is 4.45. The van der Waals surface area contributed by atoms with E-state index in [1.54, 1.807) is 9.80 Å². The van der Waals surface area contributed by atoms with Gasteiger partial charge < -0.3 is 15.1 Å². The molecule has 1 aromatic rings. The number of pyridine rings is 1. The molecule has 1 aromatic heterocycles. The van der Waals surface area contributed by atoms with Gasteiger partial charge in [-0.3, -0.25) is 14.9 Å². The molecular weight excluding hydrogens is 439 g/mol. The van der Waals surface area contributed by atoms with Crippen molar-refractivity contribution in [2.75, 3.05) is 31.1 Å². The Kier molecular flexibility index (Phi) is 5.48. The van der Waals surface area contributed by atoms with E-state index in [0.717, 1.165) is 12.3 Å². The third kappa shape index (κ3) is 4.15. The predicted octanol–water partition coefficient (Wildman–Crippen LogP) is 2.17. The van der Waals surface area contributed by atoms with E-state index >= 15 is 0 Å². The van der Waals surface area contributed by atoms with Crippen LogP contribution in [0.25, 0.3) is 0 Å². The van der Waals surface area contributed by atoms with Gasteiger partial charge in [-0.1, -0.05) is 11.6 Å². The summed E-state index contributed by atoms with van der Waals surface area (Å²) < 4.78 is 38.4. The quantitative estimate of drug-likeness (QED) is 0.661. The summed E-state index contributed by atoms with van der Waals surface area (Å²) >= 11 is 6.02. The summed E-state index contributed by atoms with van der Waals surface area (Å²) in [6.45, 7) is 1.60. The second kappa shape index (κ2) is 7.85. The zero-order valence-corrected chi connectivity index (χ0v) is 17.2. The number of hydrogen-bond donors (Lipinski definition) is 2. The molecule has 0 unspecified atom stereocenters. The lowest BCUT2D eigenvalue weighted by Crippen LogP contribution is -2.54. The lowest BCUT2D eigenvalue weighted by atomic mass is 9.76. The van der Waals surface area contributed by atoms with Crippen LogP contribution in [0, 0.1) is 5.92 Å². The number of carbonyl (C=O) groups excluding carboxylic acids is 3. The first-order valence-corrected chi connectivity index (χ1v) is 10.4. The summed E-state index contributed by atoms with van der Waals surface area (Å²) in [5, 5.41) is 4.85. The Bertz CT molecular complexity index is 910. The zero-order valence-electron chi connectivity index (χ0n) is 16.5. The van der Waals surface area contributed by atoms with Crippen LogP contribution in [0.1, 0.15) is 31.2 Å². The number of halogens is 4. The van der Waals surface area contributed by atoms with E-state index in [4.69, 9.17) is 11.6 Å². The highest BCUT2D eigenvalue weighted by atomic mass is 35.5. The first-order chi connectivity index (χ1) is 14.6. The van der Waals surface area contributed by atoms with E-state index in [2.05, 4.69) is 15.6 Å². The molecule has 2 aliphatic heterocycles. The number of nitrogens with one attached hydrogen (secondary N) is 2. The number of imide groups is 1. The Morgan fingerprint density at radius 2 is 1.81 bits per heavy atom. The predicted molar refractivity (Wildman–Crippen MR) is 104 cm³/mol. The van der Waals surface area contributed by atoms with E-state index in [-0.39, 0.29) is 28.6 Å². The van der Waals surface area contributed by atoms with E-state index < -0.39 is 23.3 Å². The molecule has 0 radical (unpaired) electrons. The monoisotopic (exact) mass is 459 g/mol. The van der Waals surface area contributed by atoms with Crippen molar-refractivity contribution in [3.63, 3.8) is 0 Å². The highest BCUT2D eigenvalue weighted by Crippen LogP contribution is 2.36. The summed E-state index contributed by atoms with van der Waals surface area (Å²) in [7, 11) is 0. The van der Waals surface area contributed by atoms with Crippen molar-refractivity contribution < 1.29 is 27.6 Å². The minimum absolute atomic E-state index is 0.00860. The average molecular weight is 460 g/mol. The molecule has 31 heavy (non-hydrogen) atoms. The number of carbonyl (C=O) groups is 3. The highest BCUT2D eigenvalue weighted by molar-refractivity contribution is 6.33. The number of nitrogens with zero attached hydrogens (tertiary/aromatic N) is 3. The number of amides is 4. The minimum atomic E-state index is -4.51. The third-order valence-electron chi connectivity index (χ3n) is 6.24. The van der Waals surface area contributed by atoms with Crippen molar-refractivity contribution >= 4 is 35.3 Å². The molecule has 4 rings (SSSR count). The van der Waals surface area contributed by atoms with Gasteiger partial charge in [-0.25, -0.2) is 9.78 Å². The molecule has 1 aliphatic carbocycles. The molecule has 1 spiro atoms. The summed E-state index contributed by atoms with van der Waals surface area (Å²) in [6.07, 6.45) is -1.94. The van der Waals surface area contributed by atoms with Crippen LogP contribution in [-0.4, -0.2) is 59.4 Å². The Morgan fingerprint density at radius 1 is 1.16 bits per heavy atom. The fraction of sp³-hybridized carbons (Fsp3) is 0.579. The maximum absolute atomic E-state index is 12.9. The molecule has 3 heterocycles. The second-order valence-corrected chi connectivity index (χ2v) is 8.51. The van der Waals surface area contributed by atoms with Crippen LogP contribution in [-0.2, 0) is 15.8 Å². The van der Waals surface area contributed by atoms with Crippen LogP contribution >= 0.6 is 11.6 Å². The lowest BCUT2D eigenvalue weighted by Gasteiger charge is -2.39. The number of anilines is 1. The fourth-order valence-corrected chi connectivity index (χ4v) is 4.74. The number of rotatable bonds is 2. The van der Waals surface area contributed by atoms with E-state index in [0.29, 0.717) is 51.9 Å². The van der Waals surface area contributed by atoms with Crippen LogP contribution in [0.3, 0.4) is 0 Å². The largest absolute Gasteiger partial charge is 0.417 e. The molecule has 1 saturated carbocycles. The van der Waals surface area contributed by atoms with Gasteiger partial charge in [-0.15, -0.1) is 0 Å². The van der Waals surface area contributed by atoms with Crippen LogP contribution in [0.15, 0.2) is 12.3 Å². The molecule has 2 N–H and O–H groups in total. The number of alkyl halides is 3. The Balaban J connectivity index is 1.33. The Hall–Kier alpha value is -2.56. The van der Waals surface area contributed by atoms with Crippen molar-refractivity contribution in [1.29, 1.82) is 0 Å². The molecule has 8 nitrogen and oxygen atoms in total. The van der Waals surface area contributed by atoms with Gasteiger partial charge in [0.1, 0.15) is 11.4 Å². The van der Waals surface area contributed by atoms with Gasteiger partial charge in [-0.2, -0.15) is 13.2 Å². The van der Waals surface area contributed by atoms with Crippen LogP contribution < -0.4 is 15.5 Å². The molecule has 12 heteroatoms. The van der Waals surface area contributed by atoms with E-state index in [9.17, 15) is 27.6 Å². The maximum Gasteiger partial charge on any atom is 0.417 e. The SMILES string of the molecule is O=C1NC(=O)C2(CCC(C(=O)N3CCN(c4ncc(C(F)(F)F)cc4Cl)CC3)CC2)N1. The molecule has 0 aromatic carbocycles. The Morgan fingerprint density at radius 3 is 2.32 bits per heavy atom. The number of aromatic nitrogens is 1. The first kappa shape index (κ1) is 21.7. The van der Waals surface area contributed by atoms with Gasteiger partial charge in [0.2, 0.25) is 5.91 Å². The molecule has 3 fully saturated rings. The Labute approximate surface area is 181 Å². The summed E-state index contributed by atoms with van der Waals surface area (Å²) in [4.78, 5) is 43.8. The number of hydrogen-bond acceptors (Lipinski definition) is 5. The third-order valence-corrected chi connectivity index (χ3v) is 6.52. The van der Waals surface area contributed by atoms with Crippen LogP contribution in [0.5, 0.6) is 0 Å². The zero-order chi connectivity index (χ0) is 22.4. The van der Waals surface area contributed by atoms with Crippen molar-refractivity contribution in [3.8, 4) is 0 Å². The van der Waals surface area contributed by atoms with Gasteiger partial charge in [-0.05, 0) is 31.7 Å². The van der Waals surface area contributed by atoms with Crippen molar-refractivity contribution in [2.45, 2.75) is 37.4 Å². The molecule has 4 amide bonds. The van der Waals surface area contributed by atoms with Crippen molar-refractivity contribution in [2.24, 2.45) is 5.92 Å². The standard InChI is InChI=1S/C19H21ClF3N5O3/c20-13-9-12(19(21,22)23)10-24-14(13)27-5-7-28(8-6-27)15(29)11-1-3-18(4-2-11)16(30)25-17(31)26-18/h9-11H,1-8H2,(H2,25,26,30,31). The van der Waals surface area contributed by atoms with Crippen LogP contribution in [0.2, 0.25) is 5.02 Å². The van der Waals surface area contributed by atoms with Gasteiger partial charge in [0.05, 0.1) is 10.6 Å². The second-order valence-electron chi connectivity index (χ2n) is 8.10. The molecule has 0 atom stereocenters. The lowest BCUT2D eigenvalue weighted by molar-refractivity contribution is -0.139. The van der Waals surface area contributed by atoms with Crippen LogP contribution in [0.4, 0.5) is 23.8 Å². The topological polar surface area (TPSA) is 94.6 Å². The molecule has 168 valence electrons. The highest BCUT2D eigenvalue weighted by Gasteiger charge is 2.49. The van der Waals surface area contributed by atoms with Gasteiger partial charge in [0.15, 0.2) is 0 Å². The molecule has 0 bridgehead atoms. The molecule has 2 saturated heterocycles. The molecular formula is C19H21ClF3N5O3. The minimum Gasteiger partial charge on any atom is -0.352 e. The first-order valence-electron chi connectivity index (χ1n) is 9.99. The number of piperazine rings is 1. The van der Waals surface area contributed by atoms with E-state index in [1.165, 1.54) is 0 Å². The van der Waals surface area contributed by atoms with Gasteiger partial charge in [0.25, 0.3) is 5.91 Å². The van der Waals surface area contributed by atoms with Gasteiger partial charge in [0, 0.05) is 38.3 Å². The number of urea groups is 1. The smallest absolute Gasteiger partial charge is 0.352 e. The normalized spacial score (nSPS) is 26.8. The van der Waals surface area contributed by atoms with E-state index in [1.807, 2.05) is 0 Å². The van der Waals surface area contributed by atoms with Crippen molar-refractivity contribution in [1.82, 2.24) is 20.5 Å². The van der Waals surface area contributed by atoms with Crippen molar-refractivity contribution in [3.05, 3.63) is 22.8 Å². The summed E-state index contributed by atoms with van der Waals surface area (Å²) in [6, 6.07) is 0.360. The maximum atomic E-state index is 12.9. The summed E-state index contributed by atoms with van der Waals surface area (Å²) in [5.41, 5.74) is -1.81.